The second kappa shape index (κ2) is 4.97. The Balaban J connectivity index is 2.00. The predicted molar refractivity (Wildman–Crippen MR) is 71.3 cm³/mol. The highest BCUT2D eigenvalue weighted by molar-refractivity contribution is 6.31. The molecule has 2 nitrogen and oxygen atoms in total. The summed E-state index contributed by atoms with van der Waals surface area (Å²) < 4.78 is 0. The number of likely N-dealkylation sites (tertiary alicyclic amines) is 1. The molecular formula is C14H20ClNO. The van der Waals surface area contributed by atoms with Crippen LogP contribution in [0, 0.1) is 12.3 Å². The van der Waals surface area contributed by atoms with E-state index in [1.807, 2.05) is 13.0 Å². The number of rotatable bonds is 3. The number of hydrogen-bond donors (Lipinski definition) is 1. The van der Waals surface area contributed by atoms with Gasteiger partial charge in [-0.1, -0.05) is 30.7 Å². The van der Waals surface area contributed by atoms with Crippen LogP contribution in [0.5, 0.6) is 0 Å². The van der Waals surface area contributed by atoms with Gasteiger partial charge in [-0.2, -0.15) is 0 Å². The average Bonchev–Trinajstić information content (AvgIpc) is 2.67. The van der Waals surface area contributed by atoms with Crippen molar-refractivity contribution >= 4 is 11.6 Å². The molecule has 1 saturated heterocycles. The number of aryl methyl sites for hydroxylation is 1. The van der Waals surface area contributed by atoms with E-state index in [1.54, 1.807) is 0 Å². The zero-order valence-corrected chi connectivity index (χ0v) is 11.3. The van der Waals surface area contributed by atoms with E-state index < -0.39 is 0 Å². The van der Waals surface area contributed by atoms with Gasteiger partial charge in [0.2, 0.25) is 0 Å². The molecule has 0 amide bonds. The fourth-order valence-electron chi connectivity index (χ4n) is 2.38. The molecule has 1 aliphatic heterocycles. The van der Waals surface area contributed by atoms with Crippen LogP contribution in [0.1, 0.15) is 24.5 Å². The third-order valence-electron chi connectivity index (χ3n) is 3.66. The van der Waals surface area contributed by atoms with Crippen molar-refractivity contribution in [3.05, 3.63) is 34.3 Å². The highest BCUT2D eigenvalue weighted by atomic mass is 35.5. The summed E-state index contributed by atoms with van der Waals surface area (Å²) in [5, 5.41) is 10.2. The Morgan fingerprint density at radius 2 is 2.24 bits per heavy atom. The largest absolute Gasteiger partial charge is 0.396 e. The molecule has 0 saturated carbocycles. The van der Waals surface area contributed by atoms with E-state index in [4.69, 9.17) is 11.6 Å². The molecule has 94 valence electrons. The van der Waals surface area contributed by atoms with Gasteiger partial charge in [0, 0.05) is 30.1 Å². The quantitative estimate of drug-likeness (QED) is 0.896. The molecule has 0 unspecified atom stereocenters. The standard InChI is InChI=1S/C14H20ClNO/c1-11-3-4-12(7-13(11)15)8-16-6-5-14(2,9-16)10-17/h3-4,7,17H,5-6,8-10H2,1-2H3/t14-/m1/s1. The molecule has 1 aromatic rings. The monoisotopic (exact) mass is 253 g/mol. The van der Waals surface area contributed by atoms with Gasteiger partial charge in [0.05, 0.1) is 0 Å². The van der Waals surface area contributed by atoms with Crippen molar-refractivity contribution in [1.82, 2.24) is 4.90 Å². The van der Waals surface area contributed by atoms with E-state index in [0.717, 1.165) is 36.6 Å². The normalized spacial score (nSPS) is 25.4. The Morgan fingerprint density at radius 3 is 2.82 bits per heavy atom. The van der Waals surface area contributed by atoms with Gasteiger partial charge in [0.15, 0.2) is 0 Å². The molecule has 0 aromatic heterocycles. The Hall–Kier alpha value is -0.570. The van der Waals surface area contributed by atoms with Crippen LogP contribution < -0.4 is 0 Å². The van der Waals surface area contributed by atoms with Crippen LogP contribution >= 0.6 is 11.6 Å². The Bertz CT molecular complexity index is 407. The predicted octanol–water partition coefficient (Wildman–Crippen LogP) is 2.85. The molecule has 0 radical (unpaired) electrons. The molecule has 0 spiro atoms. The van der Waals surface area contributed by atoms with Crippen LogP contribution in [-0.2, 0) is 6.54 Å². The first kappa shape index (κ1) is 12.9. The third kappa shape index (κ3) is 3.01. The van der Waals surface area contributed by atoms with Crippen molar-refractivity contribution in [2.24, 2.45) is 5.41 Å². The third-order valence-corrected chi connectivity index (χ3v) is 4.07. The first-order chi connectivity index (χ1) is 8.02. The lowest BCUT2D eigenvalue weighted by atomic mass is 9.91. The number of aliphatic hydroxyl groups excluding tert-OH is 1. The number of hydrogen-bond acceptors (Lipinski definition) is 2. The topological polar surface area (TPSA) is 23.5 Å². The maximum atomic E-state index is 9.34. The van der Waals surface area contributed by atoms with Gasteiger partial charge in [-0.05, 0) is 37.1 Å². The van der Waals surface area contributed by atoms with E-state index in [0.29, 0.717) is 0 Å². The fourth-order valence-corrected chi connectivity index (χ4v) is 2.59. The van der Waals surface area contributed by atoms with Crippen molar-refractivity contribution in [2.45, 2.75) is 26.8 Å². The molecule has 1 aliphatic rings. The van der Waals surface area contributed by atoms with E-state index in [2.05, 4.69) is 24.0 Å². The molecule has 1 aromatic carbocycles. The minimum Gasteiger partial charge on any atom is -0.396 e. The molecule has 1 heterocycles. The van der Waals surface area contributed by atoms with Crippen LogP contribution in [0.4, 0.5) is 0 Å². The molecular weight excluding hydrogens is 234 g/mol. The summed E-state index contributed by atoms with van der Waals surface area (Å²) in [5.41, 5.74) is 2.45. The highest BCUT2D eigenvalue weighted by Gasteiger charge is 2.32. The molecule has 17 heavy (non-hydrogen) atoms. The number of aliphatic hydroxyl groups is 1. The number of halogens is 1. The van der Waals surface area contributed by atoms with Crippen LogP contribution in [0.2, 0.25) is 5.02 Å². The van der Waals surface area contributed by atoms with Crippen molar-refractivity contribution in [2.75, 3.05) is 19.7 Å². The van der Waals surface area contributed by atoms with Crippen LogP contribution in [0.15, 0.2) is 18.2 Å². The van der Waals surface area contributed by atoms with E-state index in [9.17, 15) is 5.11 Å². The van der Waals surface area contributed by atoms with Gasteiger partial charge in [-0.25, -0.2) is 0 Å². The van der Waals surface area contributed by atoms with Gasteiger partial charge in [-0.15, -0.1) is 0 Å². The lowest BCUT2D eigenvalue weighted by Gasteiger charge is -2.22. The van der Waals surface area contributed by atoms with Crippen molar-refractivity contribution in [1.29, 1.82) is 0 Å². The summed E-state index contributed by atoms with van der Waals surface area (Å²) in [6, 6.07) is 6.25. The van der Waals surface area contributed by atoms with Crippen molar-refractivity contribution in [3.63, 3.8) is 0 Å². The first-order valence-electron chi connectivity index (χ1n) is 6.11. The Morgan fingerprint density at radius 1 is 1.47 bits per heavy atom. The summed E-state index contributed by atoms with van der Waals surface area (Å²) in [7, 11) is 0. The minimum absolute atomic E-state index is 0.0779. The zero-order chi connectivity index (χ0) is 12.5. The van der Waals surface area contributed by atoms with Crippen LogP contribution in [-0.4, -0.2) is 29.7 Å². The SMILES string of the molecule is Cc1ccc(CN2CC[C@@](C)(CO)C2)cc1Cl. The van der Waals surface area contributed by atoms with Gasteiger partial charge in [0.1, 0.15) is 0 Å². The van der Waals surface area contributed by atoms with Gasteiger partial charge >= 0.3 is 0 Å². The Labute approximate surface area is 108 Å². The summed E-state index contributed by atoms with van der Waals surface area (Å²) in [6.45, 7) is 7.39. The van der Waals surface area contributed by atoms with Gasteiger partial charge < -0.3 is 5.11 Å². The number of nitrogens with zero attached hydrogens (tertiary/aromatic N) is 1. The van der Waals surface area contributed by atoms with E-state index in [-0.39, 0.29) is 12.0 Å². The molecule has 2 rings (SSSR count). The smallest absolute Gasteiger partial charge is 0.0497 e. The van der Waals surface area contributed by atoms with Crippen LogP contribution in [0.3, 0.4) is 0 Å². The second-order valence-electron chi connectivity index (χ2n) is 5.51. The van der Waals surface area contributed by atoms with Crippen molar-refractivity contribution < 1.29 is 5.11 Å². The maximum absolute atomic E-state index is 9.34. The molecule has 0 aliphatic carbocycles. The summed E-state index contributed by atoms with van der Waals surface area (Å²) >= 11 is 6.12. The maximum Gasteiger partial charge on any atom is 0.0497 e. The van der Waals surface area contributed by atoms with Gasteiger partial charge in [0.25, 0.3) is 0 Å². The van der Waals surface area contributed by atoms with Gasteiger partial charge in [-0.3, -0.25) is 4.90 Å². The van der Waals surface area contributed by atoms with Crippen molar-refractivity contribution in [3.8, 4) is 0 Å². The zero-order valence-electron chi connectivity index (χ0n) is 10.5. The molecule has 0 bridgehead atoms. The van der Waals surface area contributed by atoms with E-state index in [1.165, 1.54) is 5.56 Å². The summed E-state index contributed by atoms with van der Waals surface area (Å²) in [5.74, 6) is 0. The van der Waals surface area contributed by atoms with E-state index >= 15 is 0 Å². The fraction of sp³-hybridized carbons (Fsp3) is 0.571. The first-order valence-corrected chi connectivity index (χ1v) is 6.48. The van der Waals surface area contributed by atoms with Crippen LogP contribution in [0.25, 0.3) is 0 Å². The molecule has 3 heteroatoms. The summed E-state index contributed by atoms with van der Waals surface area (Å²) in [4.78, 5) is 2.39. The second-order valence-corrected chi connectivity index (χ2v) is 5.92. The minimum atomic E-state index is 0.0779. The molecule has 1 atom stereocenters. The highest BCUT2D eigenvalue weighted by Crippen LogP contribution is 2.30. The summed E-state index contributed by atoms with van der Waals surface area (Å²) in [6.07, 6.45) is 1.07. The Kier molecular flexibility index (Phi) is 3.76. The molecule has 1 N–H and O–H groups in total. The lowest BCUT2D eigenvalue weighted by molar-refractivity contribution is 0.144. The lowest BCUT2D eigenvalue weighted by Crippen LogP contribution is -2.27. The number of benzene rings is 1. The average molecular weight is 254 g/mol. The molecule has 1 fully saturated rings.